The first kappa shape index (κ1) is 29.5. The van der Waals surface area contributed by atoms with E-state index in [0.29, 0.717) is 25.2 Å². The Morgan fingerprint density at radius 2 is 1.95 bits per heavy atom. The third kappa shape index (κ3) is 5.72. The maximum atomic E-state index is 14.2. The number of carbonyl (C=O) groups excluding carboxylic acids is 3. The summed E-state index contributed by atoms with van der Waals surface area (Å²) in [4.78, 5) is 47.0. The van der Waals surface area contributed by atoms with Crippen LogP contribution in [0, 0.1) is 11.3 Å². The highest BCUT2D eigenvalue weighted by molar-refractivity contribution is 5.91. The average molecular weight is 594 g/mol. The minimum absolute atomic E-state index is 0.121. The molecule has 5 unspecified atom stereocenters. The van der Waals surface area contributed by atoms with Crippen molar-refractivity contribution in [1.82, 2.24) is 15.2 Å². The fourth-order valence-electron chi connectivity index (χ4n) is 7.06. The summed E-state index contributed by atoms with van der Waals surface area (Å²) >= 11 is 0. The number of pyridine rings is 1. The van der Waals surface area contributed by atoms with E-state index in [4.69, 9.17) is 23.9 Å². The first-order chi connectivity index (χ1) is 20.5. The van der Waals surface area contributed by atoms with Crippen LogP contribution in [-0.4, -0.2) is 72.4 Å². The lowest BCUT2D eigenvalue weighted by Gasteiger charge is -2.38. The van der Waals surface area contributed by atoms with Crippen molar-refractivity contribution in [2.24, 2.45) is 11.3 Å². The van der Waals surface area contributed by atoms with Crippen molar-refractivity contribution in [1.29, 1.82) is 0 Å². The predicted octanol–water partition coefficient (Wildman–Crippen LogP) is 4.73. The molecule has 1 aromatic heterocycles. The van der Waals surface area contributed by atoms with E-state index in [1.165, 1.54) is 7.11 Å². The van der Waals surface area contributed by atoms with E-state index in [1.54, 1.807) is 12.0 Å². The summed E-state index contributed by atoms with van der Waals surface area (Å²) in [7, 11) is 2.99. The van der Waals surface area contributed by atoms with Crippen molar-refractivity contribution < 1.29 is 33.3 Å². The first-order valence-corrected chi connectivity index (χ1v) is 15.6. The summed E-state index contributed by atoms with van der Waals surface area (Å²) in [5.41, 5.74) is 1.50. The molecule has 4 aliphatic rings. The highest BCUT2D eigenvalue weighted by Crippen LogP contribution is 2.46. The molecule has 0 radical (unpaired) electrons. The number of benzene rings is 1. The summed E-state index contributed by atoms with van der Waals surface area (Å²) in [6.07, 6.45) is 6.56. The van der Waals surface area contributed by atoms with E-state index in [-0.39, 0.29) is 18.6 Å². The highest BCUT2D eigenvalue weighted by atomic mass is 16.6. The van der Waals surface area contributed by atoms with Gasteiger partial charge in [-0.25, -0.2) is 14.6 Å². The average Bonchev–Trinajstić information content (AvgIpc) is 3.61. The fraction of sp³-hybridized carbons (Fsp3) is 0.636. The van der Waals surface area contributed by atoms with Gasteiger partial charge in [-0.15, -0.1) is 0 Å². The third-order valence-electron chi connectivity index (χ3n) is 9.61. The van der Waals surface area contributed by atoms with Crippen LogP contribution in [0.3, 0.4) is 0 Å². The highest BCUT2D eigenvalue weighted by Gasteiger charge is 2.55. The molecule has 43 heavy (non-hydrogen) atoms. The minimum Gasteiger partial charge on any atom is -0.497 e. The molecule has 6 rings (SSSR count). The van der Waals surface area contributed by atoms with Crippen LogP contribution in [0.5, 0.6) is 11.5 Å². The number of nitrogens with one attached hydrogen (secondary N) is 1. The lowest BCUT2D eigenvalue weighted by molar-refractivity contribution is -0.152. The largest absolute Gasteiger partial charge is 0.497 e. The number of fused-ring (bicyclic) bond motifs is 4. The van der Waals surface area contributed by atoms with Crippen LogP contribution < -0.4 is 14.8 Å². The van der Waals surface area contributed by atoms with Crippen molar-refractivity contribution in [3.63, 3.8) is 0 Å². The Bertz CT molecular complexity index is 1440. The van der Waals surface area contributed by atoms with E-state index in [1.807, 2.05) is 39.0 Å². The Labute approximate surface area is 252 Å². The molecule has 4 heterocycles. The van der Waals surface area contributed by atoms with Gasteiger partial charge in [-0.2, -0.15) is 0 Å². The van der Waals surface area contributed by atoms with Crippen molar-refractivity contribution in [2.45, 2.75) is 102 Å². The Morgan fingerprint density at radius 1 is 1.14 bits per heavy atom. The van der Waals surface area contributed by atoms with Gasteiger partial charge in [0.25, 0.3) is 0 Å². The smallest absolute Gasteiger partial charge is 0.408 e. The van der Waals surface area contributed by atoms with Gasteiger partial charge in [0, 0.05) is 17.4 Å². The number of hydrogen-bond donors (Lipinski definition) is 1. The second kappa shape index (κ2) is 11.2. The van der Waals surface area contributed by atoms with Crippen LogP contribution in [0.25, 0.3) is 10.9 Å². The molecule has 1 aliphatic carbocycles. The zero-order valence-electron chi connectivity index (χ0n) is 25.9. The van der Waals surface area contributed by atoms with Crippen LogP contribution in [0.1, 0.15) is 77.0 Å². The zero-order valence-corrected chi connectivity index (χ0v) is 25.9. The number of hydrogen-bond acceptors (Lipinski definition) is 8. The molecule has 232 valence electrons. The maximum absolute atomic E-state index is 14.2. The monoisotopic (exact) mass is 593 g/mol. The van der Waals surface area contributed by atoms with E-state index >= 15 is 0 Å². The van der Waals surface area contributed by atoms with Gasteiger partial charge in [-0.3, -0.25) is 4.79 Å². The summed E-state index contributed by atoms with van der Waals surface area (Å²) in [6, 6.07) is 4.20. The number of methoxy groups -OCH3 is 2. The number of nitrogens with zero attached hydrogens (tertiary/aromatic N) is 2. The molecule has 10 nitrogen and oxygen atoms in total. The van der Waals surface area contributed by atoms with Crippen molar-refractivity contribution >= 4 is 28.9 Å². The molecule has 2 fully saturated rings. The van der Waals surface area contributed by atoms with Crippen LogP contribution in [-0.2, 0) is 31.9 Å². The van der Waals surface area contributed by atoms with Gasteiger partial charge >= 0.3 is 12.1 Å². The summed E-state index contributed by atoms with van der Waals surface area (Å²) in [5.74, 6) is 1.03. The predicted molar refractivity (Wildman–Crippen MR) is 159 cm³/mol. The molecule has 10 heteroatoms. The number of esters is 1. The van der Waals surface area contributed by atoms with Gasteiger partial charge in [0.1, 0.15) is 35.3 Å². The molecule has 1 saturated heterocycles. The van der Waals surface area contributed by atoms with Crippen LogP contribution in [0.4, 0.5) is 4.79 Å². The quantitative estimate of drug-likeness (QED) is 0.497. The Balaban J connectivity index is 1.41. The number of alkyl carbamates (subject to hydrolysis) is 1. The number of rotatable bonds is 2. The van der Waals surface area contributed by atoms with Crippen LogP contribution in [0.2, 0.25) is 0 Å². The summed E-state index contributed by atoms with van der Waals surface area (Å²) in [6.45, 7) is 5.89. The molecule has 5 atom stereocenters. The molecule has 1 saturated carbocycles. The number of aromatic nitrogens is 1. The lowest BCUT2D eigenvalue weighted by Crippen LogP contribution is -2.57. The molecular weight excluding hydrogens is 550 g/mol. The second-order valence-corrected chi connectivity index (χ2v) is 13.7. The van der Waals surface area contributed by atoms with Crippen LogP contribution >= 0.6 is 0 Å². The molecule has 3 bridgehead atoms. The number of aryl methyl sites for hydroxylation is 2. The van der Waals surface area contributed by atoms with Gasteiger partial charge < -0.3 is 29.2 Å². The molecule has 1 aromatic carbocycles. The maximum Gasteiger partial charge on any atom is 0.408 e. The third-order valence-corrected chi connectivity index (χ3v) is 9.61. The van der Waals surface area contributed by atoms with Crippen molar-refractivity contribution in [3.8, 4) is 11.5 Å². The Morgan fingerprint density at radius 3 is 2.70 bits per heavy atom. The van der Waals surface area contributed by atoms with Gasteiger partial charge in [-0.1, -0.05) is 33.6 Å². The van der Waals surface area contributed by atoms with Gasteiger partial charge in [0.2, 0.25) is 5.91 Å². The SMILES string of the molecule is COC(=O)C1CC23CCc4c(c(nc5ccc(OC)cc45)CCCCCC4CC4OC(=O)NC(C(C)(C)C)C(=O)N1C2)O3. The zero-order chi connectivity index (χ0) is 30.5. The lowest BCUT2D eigenvalue weighted by atomic mass is 9.85. The minimum atomic E-state index is -0.900. The van der Waals surface area contributed by atoms with Gasteiger partial charge in [0.05, 0.1) is 32.0 Å². The second-order valence-electron chi connectivity index (χ2n) is 13.7. The van der Waals surface area contributed by atoms with Crippen molar-refractivity contribution in [2.75, 3.05) is 20.8 Å². The van der Waals surface area contributed by atoms with E-state index < -0.39 is 35.2 Å². The number of amides is 2. The standard InChI is InChI=1S/C33H43N3O7/c1-32(2,3)28-29(37)36-18-33(17-25(36)30(38)41-5)14-13-21-22-16-20(40-4)11-12-23(22)34-24(27(21)43-33)10-8-6-7-9-19-15-26(19)42-31(39)35-28/h11-12,16,19,25-26,28H,6-10,13-15,17-18H2,1-5H3,(H,35,39). The van der Waals surface area contributed by atoms with Crippen LogP contribution in [0.15, 0.2) is 18.2 Å². The molecule has 2 aromatic rings. The fourth-order valence-corrected chi connectivity index (χ4v) is 7.06. The summed E-state index contributed by atoms with van der Waals surface area (Å²) < 4.78 is 23.4. The van der Waals surface area contributed by atoms with E-state index in [2.05, 4.69) is 5.32 Å². The Kier molecular flexibility index (Phi) is 7.67. The topological polar surface area (TPSA) is 116 Å². The van der Waals surface area contributed by atoms with Crippen molar-refractivity contribution in [3.05, 3.63) is 29.5 Å². The number of ether oxygens (including phenoxy) is 4. The normalized spacial score (nSPS) is 29.4. The molecule has 1 spiro atoms. The van der Waals surface area contributed by atoms with Gasteiger partial charge in [0.15, 0.2) is 0 Å². The van der Waals surface area contributed by atoms with E-state index in [9.17, 15) is 14.4 Å². The molecule has 2 amide bonds. The molecule has 1 N–H and O–H groups in total. The number of carbonyl (C=O) groups is 3. The summed E-state index contributed by atoms with van der Waals surface area (Å²) in [5, 5.41) is 3.85. The molecule has 3 aliphatic heterocycles. The van der Waals surface area contributed by atoms with E-state index in [0.717, 1.165) is 72.2 Å². The molecular formula is C33H43N3O7. The van der Waals surface area contributed by atoms with Gasteiger partial charge in [-0.05, 0) is 68.1 Å². The first-order valence-electron chi connectivity index (χ1n) is 15.6. The Hall–Kier alpha value is -3.56.